The van der Waals surface area contributed by atoms with Gasteiger partial charge in [-0.15, -0.1) is 0 Å². The van der Waals surface area contributed by atoms with Crippen LogP contribution in [0.15, 0.2) is 42.6 Å². The molecule has 0 radical (unpaired) electrons. The molecule has 2 aromatic rings. The van der Waals surface area contributed by atoms with Crippen LogP contribution in [-0.2, 0) is 6.42 Å². The molecule has 1 saturated heterocycles. The standard InChI is InChI=1S/C22H28N4O/c1-17-16-19(10-11-23-17)25-12-5-13-26(15-14-25)22(27)24-21-9-4-7-18-6-2-3-8-20(18)21/h2-3,6,8,10-11,16,21H,4-5,7,9,12-15H2,1H3,(H,24,27)/t21-/m0/s1. The lowest BCUT2D eigenvalue weighted by molar-refractivity contribution is 0.196. The number of anilines is 1. The number of fused-ring (bicyclic) bond motifs is 1. The SMILES string of the molecule is Cc1cc(N2CCCN(C(=O)N[C@H]3CCCc4ccccc43)CC2)ccn1. The van der Waals surface area contributed by atoms with Crippen LogP contribution in [0.4, 0.5) is 10.5 Å². The number of carbonyl (C=O) groups is 1. The van der Waals surface area contributed by atoms with E-state index in [0.29, 0.717) is 0 Å². The Morgan fingerprint density at radius 1 is 1.11 bits per heavy atom. The van der Waals surface area contributed by atoms with Gasteiger partial charge in [-0.1, -0.05) is 24.3 Å². The second kappa shape index (κ2) is 7.99. The molecule has 27 heavy (non-hydrogen) atoms. The fourth-order valence-electron chi connectivity index (χ4n) is 4.25. The maximum absolute atomic E-state index is 12.9. The highest BCUT2D eigenvalue weighted by molar-refractivity contribution is 5.75. The largest absolute Gasteiger partial charge is 0.370 e. The molecule has 1 aliphatic heterocycles. The number of carbonyl (C=O) groups excluding carboxylic acids is 1. The first-order chi connectivity index (χ1) is 13.2. The minimum Gasteiger partial charge on any atom is -0.370 e. The summed E-state index contributed by atoms with van der Waals surface area (Å²) in [6, 6.07) is 12.9. The van der Waals surface area contributed by atoms with Crippen molar-refractivity contribution in [1.82, 2.24) is 15.2 Å². The van der Waals surface area contributed by atoms with Gasteiger partial charge in [0.15, 0.2) is 0 Å². The third kappa shape index (κ3) is 4.07. The van der Waals surface area contributed by atoms with E-state index in [2.05, 4.69) is 51.6 Å². The lowest BCUT2D eigenvalue weighted by Crippen LogP contribution is -2.44. The highest BCUT2D eigenvalue weighted by Crippen LogP contribution is 2.29. The van der Waals surface area contributed by atoms with Gasteiger partial charge in [-0.2, -0.15) is 0 Å². The number of urea groups is 1. The van der Waals surface area contributed by atoms with Gasteiger partial charge >= 0.3 is 6.03 Å². The Labute approximate surface area is 161 Å². The van der Waals surface area contributed by atoms with Crippen molar-refractivity contribution in [2.75, 3.05) is 31.1 Å². The van der Waals surface area contributed by atoms with Gasteiger partial charge in [-0.3, -0.25) is 4.98 Å². The highest BCUT2D eigenvalue weighted by Gasteiger charge is 2.25. The average molecular weight is 364 g/mol. The Balaban J connectivity index is 1.39. The molecule has 0 saturated carbocycles. The zero-order valence-corrected chi connectivity index (χ0v) is 16.0. The number of hydrogen-bond donors (Lipinski definition) is 1. The predicted molar refractivity (Wildman–Crippen MR) is 108 cm³/mol. The summed E-state index contributed by atoms with van der Waals surface area (Å²) in [5.41, 5.74) is 4.90. The van der Waals surface area contributed by atoms with Gasteiger partial charge in [0.2, 0.25) is 0 Å². The molecule has 0 bridgehead atoms. The van der Waals surface area contributed by atoms with Crippen LogP contribution in [0, 0.1) is 6.92 Å². The molecule has 5 nitrogen and oxygen atoms in total. The monoisotopic (exact) mass is 364 g/mol. The topological polar surface area (TPSA) is 48.5 Å². The van der Waals surface area contributed by atoms with E-state index in [0.717, 1.165) is 57.6 Å². The minimum absolute atomic E-state index is 0.0736. The molecule has 1 aromatic carbocycles. The van der Waals surface area contributed by atoms with Gasteiger partial charge < -0.3 is 15.1 Å². The van der Waals surface area contributed by atoms with Crippen molar-refractivity contribution < 1.29 is 4.79 Å². The van der Waals surface area contributed by atoms with Gasteiger partial charge in [0, 0.05) is 43.8 Å². The average Bonchev–Trinajstić information content (AvgIpc) is 2.95. The van der Waals surface area contributed by atoms with Crippen molar-refractivity contribution >= 4 is 11.7 Å². The van der Waals surface area contributed by atoms with Gasteiger partial charge in [0.25, 0.3) is 0 Å². The van der Waals surface area contributed by atoms with E-state index in [-0.39, 0.29) is 12.1 Å². The molecule has 2 amide bonds. The number of amides is 2. The lowest BCUT2D eigenvalue weighted by Gasteiger charge is -2.29. The number of hydrogen-bond acceptors (Lipinski definition) is 3. The normalized spacial score (nSPS) is 20.0. The smallest absolute Gasteiger partial charge is 0.317 e. The molecular weight excluding hydrogens is 336 g/mol. The van der Waals surface area contributed by atoms with Crippen LogP contribution >= 0.6 is 0 Å². The number of pyridine rings is 1. The molecule has 1 fully saturated rings. The molecule has 1 N–H and O–H groups in total. The number of benzene rings is 1. The summed E-state index contributed by atoms with van der Waals surface area (Å²) in [6.45, 7) is 5.41. The molecule has 4 rings (SSSR count). The van der Waals surface area contributed by atoms with Crippen molar-refractivity contribution in [3.8, 4) is 0 Å². The Hall–Kier alpha value is -2.56. The number of rotatable bonds is 2. The number of nitrogens with zero attached hydrogens (tertiary/aromatic N) is 3. The van der Waals surface area contributed by atoms with Crippen molar-refractivity contribution in [3.63, 3.8) is 0 Å². The quantitative estimate of drug-likeness (QED) is 0.884. The van der Waals surface area contributed by atoms with Gasteiger partial charge in [0.05, 0.1) is 6.04 Å². The summed E-state index contributed by atoms with van der Waals surface area (Å²) >= 11 is 0. The first-order valence-electron chi connectivity index (χ1n) is 10.0. The van der Waals surface area contributed by atoms with E-state index < -0.39 is 0 Å². The van der Waals surface area contributed by atoms with Crippen molar-refractivity contribution in [2.45, 2.75) is 38.6 Å². The molecule has 1 aromatic heterocycles. The molecular formula is C22H28N4O. The minimum atomic E-state index is 0.0736. The molecule has 2 aliphatic rings. The maximum atomic E-state index is 12.9. The molecule has 0 spiro atoms. The first-order valence-corrected chi connectivity index (χ1v) is 10.0. The number of aromatic nitrogens is 1. The fourth-order valence-corrected chi connectivity index (χ4v) is 4.25. The van der Waals surface area contributed by atoms with Gasteiger partial charge in [-0.25, -0.2) is 4.79 Å². The van der Waals surface area contributed by atoms with Crippen LogP contribution < -0.4 is 10.2 Å². The third-order valence-corrected chi connectivity index (χ3v) is 5.70. The molecule has 1 atom stereocenters. The van der Waals surface area contributed by atoms with E-state index in [4.69, 9.17) is 0 Å². The Bertz CT molecular complexity index is 806. The van der Waals surface area contributed by atoms with Crippen molar-refractivity contribution in [2.24, 2.45) is 0 Å². The number of aryl methyl sites for hydroxylation is 2. The Morgan fingerprint density at radius 3 is 2.89 bits per heavy atom. The maximum Gasteiger partial charge on any atom is 0.317 e. The summed E-state index contributed by atoms with van der Waals surface area (Å²) in [6.07, 6.45) is 6.12. The second-order valence-corrected chi connectivity index (χ2v) is 7.58. The summed E-state index contributed by atoms with van der Waals surface area (Å²) in [5.74, 6) is 0. The first kappa shape index (κ1) is 17.8. The van der Waals surface area contributed by atoms with E-state index in [1.54, 1.807) is 0 Å². The van der Waals surface area contributed by atoms with Crippen LogP contribution in [0.5, 0.6) is 0 Å². The van der Waals surface area contributed by atoms with Crippen LogP contribution in [-0.4, -0.2) is 42.1 Å². The zero-order chi connectivity index (χ0) is 18.6. The molecule has 2 heterocycles. The van der Waals surface area contributed by atoms with E-state index in [1.165, 1.54) is 16.8 Å². The number of nitrogens with one attached hydrogen (secondary N) is 1. The highest BCUT2D eigenvalue weighted by atomic mass is 16.2. The second-order valence-electron chi connectivity index (χ2n) is 7.58. The summed E-state index contributed by atoms with van der Waals surface area (Å²) in [5, 5.41) is 3.29. The van der Waals surface area contributed by atoms with Gasteiger partial charge in [0.1, 0.15) is 0 Å². The van der Waals surface area contributed by atoms with Crippen LogP contribution in [0.25, 0.3) is 0 Å². The summed E-state index contributed by atoms with van der Waals surface area (Å²) < 4.78 is 0. The van der Waals surface area contributed by atoms with E-state index in [1.807, 2.05) is 18.0 Å². The molecule has 1 aliphatic carbocycles. The van der Waals surface area contributed by atoms with Crippen molar-refractivity contribution in [1.29, 1.82) is 0 Å². The van der Waals surface area contributed by atoms with Crippen LogP contribution in [0.1, 0.15) is 42.1 Å². The van der Waals surface area contributed by atoms with Gasteiger partial charge in [-0.05, 0) is 55.9 Å². The summed E-state index contributed by atoms with van der Waals surface area (Å²) in [7, 11) is 0. The molecule has 0 unspecified atom stereocenters. The predicted octanol–water partition coefficient (Wildman–Crippen LogP) is 3.69. The third-order valence-electron chi connectivity index (χ3n) is 5.70. The fraction of sp³-hybridized carbons (Fsp3) is 0.455. The Kier molecular flexibility index (Phi) is 5.28. The molecule has 142 valence electrons. The van der Waals surface area contributed by atoms with Crippen molar-refractivity contribution in [3.05, 3.63) is 59.4 Å². The van der Waals surface area contributed by atoms with E-state index in [9.17, 15) is 4.79 Å². The van der Waals surface area contributed by atoms with E-state index >= 15 is 0 Å². The summed E-state index contributed by atoms with van der Waals surface area (Å²) in [4.78, 5) is 21.5. The Morgan fingerprint density at radius 2 is 2.00 bits per heavy atom. The zero-order valence-electron chi connectivity index (χ0n) is 16.0. The lowest BCUT2D eigenvalue weighted by atomic mass is 9.88. The molecule has 5 heteroatoms. The van der Waals surface area contributed by atoms with Crippen LogP contribution in [0.2, 0.25) is 0 Å². The van der Waals surface area contributed by atoms with Crippen LogP contribution in [0.3, 0.4) is 0 Å².